The Kier molecular flexibility index (Phi) is 3.15. The first kappa shape index (κ1) is 9.40. The van der Waals surface area contributed by atoms with Crippen molar-refractivity contribution in [3.05, 3.63) is 24.0 Å². The lowest BCUT2D eigenvalue weighted by molar-refractivity contribution is 0.0936. The van der Waals surface area contributed by atoms with Gasteiger partial charge in [0, 0.05) is 18.7 Å². The van der Waals surface area contributed by atoms with E-state index in [1.165, 1.54) is 0 Å². The molecule has 0 saturated heterocycles. The number of hydrogen-bond donors (Lipinski definition) is 2. The Morgan fingerprint density at radius 2 is 2.62 bits per heavy atom. The lowest BCUT2D eigenvalue weighted by Gasteiger charge is -2.09. The molecule has 13 heavy (non-hydrogen) atoms. The van der Waals surface area contributed by atoms with Crippen LogP contribution in [0.2, 0.25) is 0 Å². The molecule has 0 aromatic carbocycles. The maximum atomic E-state index is 11.4. The molecule has 3 heteroatoms. The average molecular weight is 176 g/mol. The van der Waals surface area contributed by atoms with Crippen LogP contribution in [0.25, 0.3) is 0 Å². The molecule has 0 radical (unpaired) electrons. The fourth-order valence-corrected chi connectivity index (χ4v) is 1.00. The number of hydrogen-bond acceptors (Lipinski definition) is 1. The van der Waals surface area contributed by atoms with Gasteiger partial charge in [-0.05, 0) is 19.1 Å². The van der Waals surface area contributed by atoms with Gasteiger partial charge in [0.25, 0.3) is 5.91 Å². The molecule has 1 atom stereocenters. The van der Waals surface area contributed by atoms with Crippen molar-refractivity contribution in [2.75, 3.05) is 0 Å². The molecule has 0 saturated carbocycles. The van der Waals surface area contributed by atoms with Crippen LogP contribution in [0.15, 0.2) is 18.3 Å². The zero-order valence-electron chi connectivity index (χ0n) is 7.50. The van der Waals surface area contributed by atoms with E-state index in [4.69, 9.17) is 6.42 Å². The molecule has 68 valence electrons. The molecule has 0 spiro atoms. The first-order chi connectivity index (χ1) is 6.24. The Bertz CT molecular complexity index is 308. The first-order valence-corrected chi connectivity index (χ1v) is 4.11. The van der Waals surface area contributed by atoms with Crippen LogP contribution < -0.4 is 5.32 Å². The zero-order chi connectivity index (χ0) is 9.68. The van der Waals surface area contributed by atoms with Crippen LogP contribution in [-0.2, 0) is 0 Å². The van der Waals surface area contributed by atoms with Crippen LogP contribution >= 0.6 is 0 Å². The Labute approximate surface area is 77.5 Å². The van der Waals surface area contributed by atoms with Crippen molar-refractivity contribution < 1.29 is 4.79 Å². The topological polar surface area (TPSA) is 44.9 Å². The largest absolute Gasteiger partial charge is 0.357 e. The van der Waals surface area contributed by atoms with Crippen molar-refractivity contribution in [1.82, 2.24) is 10.3 Å². The molecular formula is C10H12N2O. The van der Waals surface area contributed by atoms with E-state index in [1.807, 2.05) is 6.92 Å². The summed E-state index contributed by atoms with van der Waals surface area (Å²) in [5.41, 5.74) is 0.559. The number of aromatic nitrogens is 1. The van der Waals surface area contributed by atoms with Gasteiger partial charge in [-0.1, -0.05) is 0 Å². The number of amides is 1. The lowest BCUT2D eigenvalue weighted by Crippen LogP contribution is -2.32. The monoisotopic (exact) mass is 176 g/mol. The van der Waals surface area contributed by atoms with Gasteiger partial charge in [0.05, 0.1) is 0 Å². The molecule has 1 unspecified atom stereocenters. The van der Waals surface area contributed by atoms with E-state index in [2.05, 4.69) is 16.2 Å². The predicted molar refractivity (Wildman–Crippen MR) is 51.2 cm³/mol. The number of rotatable bonds is 3. The molecule has 0 aliphatic carbocycles. The molecule has 1 heterocycles. The minimum atomic E-state index is -0.118. The Morgan fingerprint density at radius 1 is 1.85 bits per heavy atom. The van der Waals surface area contributed by atoms with Gasteiger partial charge in [0.15, 0.2) is 0 Å². The number of aromatic amines is 1. The van der Waals surface area contributed by atoms with Crippen LogP contribution in [0, 0.1) is 12.3 Å². The van der Waals surface area contributed by atoms with Crippen LogP contribution in [-0.4, -0.2) is 16.9 Å². The number of nitrogens with one attached hydrogen (secondary N) is 2. The molecule has 0 aliphatic heterocycles. The van der Waals surface area contributed by atoms with Crippen LogP contribution in [0.1, 0.15) is 23.8 Å². The van der Waals surface area contributed by atoms with Crippen molar-refractivity contribution in [2.24, 2.45) is 0 Å². The number of terminal acetylenes is 1. The summed E-state index contributed by atoms with van der Waals surface area (Å²) >= 11 is 0. The van der Waals surface area contributed by atoms with E-state index in [0.29, 0.717) is 12.1 Å². The van der Waals surface area contributed by atoms with E-state index in [0.717, 1.165) is 0 Å². The third-order valence-corrected chi connectivity index (χ3v) is 1.64. The van der Waals surface area contributed by atoms with Gasteiger partial charge in [-0.3, -0.25) is 4.79 Å². The third kappa shape index (κ3) is 2.68. The highest BCUT2D eigenvalue weighted by atomic mass is 16.1. The summed E-state index contributed by atoms with van der Waals surface area (Å²) in [6.45, 7) is 1.88. The zero-order valence-corrected chi connectivity index (χ0v) is 7.50. The first-order valence-electron chi connectivity index (χ1n) is 4.11. The molecule has 1 aromatic rings. The Balaban J connectivity index is 2.48. The summed E-state index contributed by atoms with van der Waals surface area (Å²) in [4.78, 5) is 14.2. The molecule has 0 aliphatic rings. The van der Waals surface area contributed by atoms with Gasteiger partial charge in [0.2, 0.25) is 0 Å². The van der Waals surface area contributed by atoms with Gasteiger partial charge < -0.3 is 10.3 Å². The van der Waals surface area contributed by atoms with E-state index in [-0.39, 0.29) is 11.9 Å². The summed E-state index contributed by atoms with van der Waals surface area (Å²) in [7, 11) is 0. The van der Waals surface area contributed by atoms with Gasteiger partial charge in [-0.15, -0.1) is 12.3 Å². The molecule has 1 aromatic heterocycles. The molecule has 3 nitrogen and oxygen atoms in total. The summed E-state index contributed by atoms with van der Waals surface area (Å²) in [6.07, 6.45) is 7.37. The number of H-pyrrole nitrogens is 1. The van der Waals surface area contributed by atoms with E-state index >= 15 is 0 Å². The number of carbonyl (C=O) groups is 1. The second-order valence-corrected chi connectivity index (χ2v) is 2.87. The SMILES string of the molecule is C#CCC(C)NC(=O)c1ccc[nH]1. The van der Waals surface area contributed by atoms with Crippen molar-refractivity contribution in [2.45, 2.75) is 19.4 Å². The van der Waals surface area contributed by atoms with E-state index < -0.39 is 0 Å². The van der Waals surface area contributed by atoms with Crippen LogP contribution in [0.5, 0.6) is 0 Å². The maximum Gasteiger partial charge on any atom is 0.267 e. The van der Waals surface area contributed by atoms with Crippen molar-refractivity contribution in [3.8, 4) is 12.3 Å². The third-order valence-electron chi connectivity index (χ3n) is 1.64. The van der Waals surface area contributed by atoms with Crippen molar-refractivity contribution in [3.63, 3.8) is 0 Å². The summed E-state index contributed by atoms with van der Waals surface area (Å²) in [5, 5.41) is 2.77. The average Bonchev–Trinajstić information content (AvgIpc) is 2.55. The minimum Gasteiger partial charge on any atom is -0.357 e. The van der Waals surface area contributed by atoms with Gasteiger partial charge in [-0.2, -0.15) is 0 Å². The standard InChI is InChI=1S/C10H12N2O/c1-3-5-8(2)12-10(13)9-6-4-7-11-9/h1,4,6-8,11H,5H2,2H3,(H,12,13). The van der Waals surface area contributed by atoms with E-state index in [9.17, 15) is 4.79 Å². The molecule has 2 N–H and O–H groups in total. The van der Waals surface area contributed by atoms with Gasteiger partial charge in [0.1, 0.15) is 5.69 Å². The fourth-order valence-electron chi connectivity index (χ4n) is 1.00. The van der Waals surface area contributed by atoms with Crippen LogP contribution in [0.3, 0.4) is 0 Å². The van der Waals surface area contributed by atoms with Crippen molar-refractivity contribution in [1.29, 1.82) is 0 Å². The van der Waals surface area contributed by atoms with Crippen LogP contribution in [0.4, 0.5) is 0 Å². The quantitative estimate of drug-likeness (QED) is 0.667. The van der Waals surface area contributed by atoms with Crippen molar-refractivity contribution >= 4 is 5.91 Å². The summed E-state index contributed by atoms with van der Waals surface area (Å²) < 4.78 is 0. The normalized spacial score (nSPS) is 11.7. The maximum absolute atomic E-state index is 11.4. The second-order valence-electron chi connectivity index (χ2n) is 2.87. The van der Waals surface area contributed by atoms with E-state index in [1.54, 1.807) is 18.3 Å². The molecule has 1 rings (SSSR count). The predicted octanol–water partition coefficient (Wildman–Crippen LogP) is 1.16. The second kappa shape index (κ2) is 4.36. The lowest BCUT2D eigenvalue weighted by atomic mass is 10.2. The minimum absolute atomic E-state index is 0.0146. The molecular weight excluding hydrogens is 164 g/mol. The fraction of sp³-hybridized carbons (Fsp3) is 0.300. The molecule has 1 amide bonds. The summed E-state index contributed by atoms with van der Waals surface area (Å²) in [6, 6.07) is 3.51. The highest BCUT2D eigenvalue weighted by molar-refractivity contribution is 5.92. The Morgan fingerprint density at radius 3 is 3.15 bits per heavy atom. The van der Waals surface area contributed by atoms with Gasteiger partial charge in [-0.25, -0.2) is 0 Å². The smallest absolute Gasteiger partial charge is 0.267 e. The highest BCUT2D eigenvalue weighted by Gasteiger charge is 2.08. The molecule has 0 bridgehead atoms. The number of carbonyl (C=O) groups excluding carboxylic acids is 1. The Hall–Kier alpha value is -1.69. The molecule has 0 fully saturated rings. The highest BCUT2D eigenvalue weighted by Crippen LogP contribution is 1.96. The van der Waals surface area contributed by atoms with Gasteiger partial charge >= 0.3 is 0 Å². The summed E-state index contributed by atoms with van der Waals surface area (Å²) in [5.74, 6) is 2.38.